The van der Waals surface area contributed by atoms with Gasteiger partial charge in [0.1, 0.15) is 0 Å². The average Bonchev–Trinajstić information content (AvgIpc) is 2.78. The Morgan fingerprint density at radius 3 is 2.58 bits per heavy atom. The lowest BCUT2D eigenvalue weighted by Gasteiger charge is -2.03. The number of carbonyl (C=O) groups excluding carboxylic acids is 1. The Labute approximate surface area is 122 Å². The third-order valence-corrected chi connectivity index (χ3v) is 3.25. The van der Waals surface area contributed by atoms with Crippen molar-refractivity contribution in [1.29, 1.82) is 0 Å². The van der Waals surface area contributed by atoms with Crippen molar-refractivity contribution in [3.05, 3.63) is 35.4 Å². The highest BCUT2D eigenvalue weighted by molar-refractivity contribution is 6.31. The number of hydrogen-bond acceptors (Lipinski definition) is 2. The molecule has 0 spiro atoms. The van der Waals surface area contributed by atoms with Gasteiger partial charge < -0.3 is 10.2 Å². The highest BCUT2D eigenvalue weighted by Gasteiger charge is 2.13. The predicted molar refractivity (Wildman–Crippen MR) is 83.2 cm³/mol. The van der Waals surface area contributed by atoms with Crippen molar-refractivity contribution < 1.29 is 4.79 Å². The number of rotatable bonds is 5. The van der Waals surface area contributed by atoms with Crippen LogP contribution in [0.1, 0.15) is 20.3 Å². The van der Waals surface area contributed by atoms with E-state index in [2.05, 4.69) is 30.8 Å². The molecule has 108 valence electrons. The van der Waals surface area contributed by atoms with Gasteiger partial charge in [-0.25, -0.2) is 0 Å². The van der Waals surface area contributed by atoms with Gasteiger partial charge in [-0.3, -0.25) is 4.79 Å². The highest BCUT2D eigenvalue weighted by atomic mass is 35.5. The summed E-state index contributed by atoms with van der Waals surface area (Å²) in [6.45, 7) is 10.8. The largest absolute Gasteiger partial charge is 0.355 e. The summed E-state index contributed by atoms with van der Waals surface area (Å²) in [6, 6.07) is 0. The van der Waals surface area contributed by atoms with E-state index in [0.717, 1.165) is 11.5 Å². The van der Waals surface area contributed by atoms with Crippen molar-refractivity contribution in [2.75, 3.05) is 26.7 Å². The summed E-state index contributed by atoms with van der Waals surface area (Å²) in [5, 5.41) is 3.08. The summed E-state index contributed by atoms with van der Waals surface area (Å²) in [6.07, 6.45) is 7.27. The number of nitrogens with one attached hydrogen (secondary N) is 1. The molecule has 1 aliphatic heterocycles. The number of carbonyl (C=O) groups is 1. The minimum atomic E-state index is 0.429. The van der Waals surface area contributed by atoms with Crippen LogP contribution in [-0.4, -0.2) is 38.0 Å². The molecule has 1 unspecified atom stereocenters. The standard InChI is InChI=1S/C9H12ClNO.C6H13N/c1-3-5-8(6-11-7-12)9(10)4-2;1-6-3-4-7(2)5-6/h3-5,7H,2,6H2,1H3,(H,11,12);6H,3-5H2,1-2H3/b5-3-,9-8-;. The lowest BCUT2D eigenvalue weighted by Crippen LogP contribution is -2.14. The average molecular weight is 285 g/mol. The molecule has 1 N–H and O–H groups in total. The summed E-state index contributed by atoms with van der Waals surface area (Å²) in [5.41, 5.74) is 0.848. The smallest absolute Gasteiger partial charge is 0.207 e. The van der Waals surface area contributed by atoms with Gasteiger partial charge in [0.15, 0.2) is 0 Å². The zero-order valence-electron chi connectivity index (χ0n) is 12.2. The number of allylic oxidation sites excluding steroid dienone is 3. The topological polar surface area (TPSA) is 32.3 Å². The maximum Gasteiger partial charge on any atom is 0.207 e. The van der Waals surface area contributed by atoms with Crippen LogP contribution < -0.4 is 5.32 Å². The molecule has 0 aromatic heterocycles. The third kappa shape index (κ3) is 8.62. The lowest BCUT2D eigenvalue weighted by molar-refractivity contribution is -0.109. The SMILES string of the molecule is C=C/C(Cl)=C(\C=C/C)CNC=O.CC1CCN(C)C1. The highest BCUT2D eigenvalue weighted by Crippen LogP contribution is 2.11. The number of halogens is 1. The molecule has 1 rings (SSSR count). The predicted octanol–water partition coefficient (Wildman–Crippen LogP) is 2.95. The summed E-state index contributed by atoms with van der Waals surface area (Å²) in [5.74, 6) is 0.949. The Bertz CT molecular complexity index is 329. The van der Waals surface area contributed by atoms with E-state index in [1.54, 1.807) is 6.08 Å². The summed E-state index contributed by atoms with van der Waals surface area (Å²) in [4.78, 5) is 12.4. The first-order valence-corrected chi connectivity index (χ1v) is 6.92. The molecule has 0 saturated carbocycles. The molecule has 0 radical (unpaired) electrons. The second-order valence-corrected chi connectivity index (χ2v) is 5.14. The number of likely N-dealkylation sites (tertiary alicyclic amines) is 1. The third-order valence-electron chi connectivity index (χ3n) is 2.86. The van der Waals surface area contributed by atoms with E-state index in [0.29, 0.717) is 18.0 Å². The number of amides is 1. The van der Waals surface area contributed by atoms with Gasteiger partial charge in [-0.2, -0.15) is 0 Å². The molecule has 1 aliphatic rings. The molecule has 19 heavy (non-hydrogen) atoms. The fourth-order valence-electron chi connectivity index (χ4n) is 1.86. The number of hydrogen-bond donors (Lipinski definition) is 1. The first-order valence-electron chi connectivity index (χ1n) is 6.54. The maximum atomic E-state index is 10.00. The van der Waals surface area contributed by atoms with E-state index in [4.69, 9.17) is 11.6 Å². The van der Waals surface area contributed by atoms with Crippen molar-refractivity contribution in [3.63, 3.8) is 0 Å². The van der Waals surface area contributed by atoms with Gasteiger partial charge in [0.2, 0.25) is 6.41 Å². The van der Waals surface area contributed by atoms with Gasteiger partial charge in [0.25, 0.3) is 0 Å². The van der Waals surface area contributed by atoms with E-state index in [9.17, 15) is 4.79 Å². The molecule has 0 aromatic rings. The van der Waals surface area contributed by atoms with Gasteiger partial charge in [-0.15, -0.1) is 0 Å². The van der Waals surface area contributed by atoms with E-state index in [-0.39, 0.29) is 0 Å². The van der Waals surface area contributed by atoms with Crippen molar-refractivity contribution in [2.45, 2.75) is 20.3 Å². The van der Waals surface area contributed by atoms with Gasteiger partial charge in [-0.1, -0.05) is 43.3 Å². The molecule has 1 amide bonds. The van der Waals surface area contributed by atoms with Gasteiger partial charge in [-0.05, 0) is 38.4 Å². The van der Waals surface area contributed by atoms with Crippen LogP contribution in [0.4, 0.5) is 0 Å². The molecule has 0 aliphatic carbocycles. The molecule has 1 saturated heterocycles. The molecule has 1 atom stereocenters. The molecular formula is C15H25ClN2O. The van der Waals surface area contributed by atoms with Crippen molar-refractivity contribution in [2.24, 2.45) is 5.92 Å². The van der Waals surface area contributed by atoms with Crippen LogP contribution in [0.2, 0.25) is 0 Å². The maximum absolute atomic E-state index is 10.00. The Balaban J connectivity index is 0.000000388. The Hall–Kier alpha value is -1.06. The number of nitrogens with zero attached hydrogens (tertiary/aromatic N) is 1. The molecular weight excluding hydrogens is 260 g/mol. The van der Waals surface area contributed by atoms with Gasteiger partial charge in [0.05, 0.1) is 0 Å². The van der Waals surface area contributed by atoms with E-state index in [1.165, 1.54) is 19.5 Å². The van der Waals surface area contributed by atoms with Crippen LogP contribution in [0.25, 0.3) is 0 Å². The molecule has 4 heteroatoms. The monoisotopic (exact) mass is 284 g/mol. The van der Waals surface area contributed by atoms with E-state index in [1.807, 2.05) is 19.1 Å². The second-order valence-electron chi connectivity index (χ2n) is 4.73. The quantitative estimate of drug-likeness (QED) is 0.622. The molecule has 0 bridgehead atoms. The zero-order valence-corrected chi connectivity index (χ0v) is 12.9. The Morgan fingerprint density at radius 2 is 2.26 bits per heavy atom. The van der Waals surface area contributed by atoms with Crippen LogP contribution in [-0.2, 0) is 4.79 Å². The fraction of sp³-hybridized carbons (Fsp3) is 0.533. The van der Waals surface area contributed by atoms with Crippen LogP contribution >= 0.6 is 11.6 Å². The Kier molecular flexibility index (Phi) is 10.2. The van der Waals surface area contributed by atoms with E-state index >= 15 is 0 Å². The van der Waals surface area contributed by atoms with Gasteiger partial charge in [0, 0.05) is 18.1 Å². The first-order chi connectivity index (χ1) is 9.04. The van der Waals surface area contributed by atoms with Crippen LogP contribution in [0.15, 0.2) is 35.4 Å². The second kappa shape index (κ2) is 10.8. The van der Waals surface area contributed by atoms with Crippen LogP contribution in [0, 0.1) is 5.92 Å². The van der Waals surface area contributed by atoms with E-state index < -0.39 is 0 Å². The summed E-state index contributed by atoms with van der Waals surface area (Å²) < 4.78 is 0. The minimum Gasteiger partial charge on any atom is -0.355 e. The minimum absolute atomic E-state index is 0.429. The summed E-state index contributed by atoms with van der Waals surface area (Å²) >= 11 is 5.80. The zero-order chi connectivity index (χ0) is 14.7. The van der Waals surface area contributed by atoms with Gasteiger partial charge >= 0.3 is 0 Å². The normalized spacial score (nSPS) is 20.5. The molecule has 3 nitrogen and oxygen atoms in total. The van der Waals surface area contributed by atoms with Crippen LogP contribution in [0.3, 0.4) is 0 Å². The van der Waals surface area contributed by atoms with Crippen molar-refractivity contribution in [1.82, 2.24) is 10.2 Å². The van der Waals surface area contributed by atoms with Crippen LogP contribution in [0.5, 0.6) is 0 Å². The van der Waals surface area contributed by atoms with Crippen molar-refractivity contribution in [3.8, 4) is 0 Å². The fourth-order valence-corrected chi connectivity index (χ4v) is 1.99. The molecule has 1 heterocycles. The van der Waals surface area contributed by atoms with Crippen molar-refractivity contribution >= 4 is 18.0 Å². The Morgan fingerprint density at radius 1 is 1.58 bits per heavy atom. The first kappa shape index (κ1) is 17.9. The molecule has 0 aromatic carbocycles. The lowest BCUT2D eigenvalue weighted by atomic mass is 10.2. The molecule has 1 fully saturated rings. The summed E-state index contributed by atoms with van der Waals surface area (Å²) in [7, 11) is 2.18.